The first-order chi connectivity index (χ1) is 10.3. The van der Waals surface area contributed by atoms with E-state index in [1.165, 1.54) is 6.42 Å². The largest absolute Gasteiger partial charge is 0.494 e. The molecule has 1 heterocycles. The van der Waals surface area contributed by atoms with Gasteiger partial charge in [-0.05, 0) is 75.4 Å². The molecule has 3 atom stereocenters. The summed E-state index contributed by atoms with van der Waals surface area (Å²) in [6.45, 7) is 4.86. The summed E-state index contributed by atoms with van der Waals surface area (Å²) in [5.41, 5.74) is 0.713. The molecule has 3 rings (SSSR count). The van der Waals surface area contributed by atoms with Gasteiger partial charge in [0.15, 0.2) is 0 Å². The number of hydrogen-bond acceptors (Lipinski definition) is 3. The van der Waals surface area contributed by atoms with E-state index in [1.807, 2.05) is 31.2 Å². The topological polar surface area (TPSA) is 50.4 Å². The van der Waals surface area contributed by atoms with Crippen LogP contribution in [0.1, 0.15) is 36.5 Å². The van der Waals surface area contributed by atoms with E-state index < -0.39 is 0 Å². The number of fused-ring (bicyclic) bond motifs is 1. The molecule has 0 spiro atoms. The fourth-order valence-electron chi connectivity index (χ4n) is 3.57. The smallest absolute Gasteiger partial charge is 0.251 e. The van der Waals surface area contributed by atoms with Crippen LogP contribution in [0.4, 0.5) is 0 Å². The van der Waals surface area contributed by atoms with E-state index in [1.54, 1.807) is 0 Å². The second-order valence-electron chi connectivity index (χ2n) is 6.12. The Labute approximate surface area is 126 Å². The first-order valence-electron chi connectivity index (χ1n) is 8.00. The maximum Gasteiger partial charge on any atom is 0.251 e. The molecule has 1 aliphatic carbocycles. The molecule has 2 N–H and O–H groups in total. The van der Waals surface area contributed by atoms with E-state index in [9.17, 15) is 4.79 Å². The van der Waals surface area contributed by atoms with E-state index in [4.69, 9.17) is 4.74 Å². The first kappa shape index (κ1) is 14.4. The molecule has 1 saturated carbocycles. The van der Waals surface area contributed by atoms with Crippen LogP contribution >= 0.6 is 0 Å². The van der Waals surface area contributed by atoms with Crippen molar-refractivity contribution < 1.29 is 9.53 Å². The highest BCUT2D eigenvalue weighted by Gasteiger charge is 2.34. The summed E-state index contributed by atoms with van der Waals surface area (Å²) in [7, 11) is 0. The van der Waals surface area contributed by atoms with Crippen molar-refractivity contribution in [1.29, 1.82) is 0 Å². The maximum atomic E-state index is 12.3. The molecule has 1 aromatic rings. The van der Waals surface area contributed by atoms with Gasteiger partial charge in [0.2, 0.25) is 0 Å². The third-order valence-corrected chi connectivity index (χ3v) is 4.72. The average Bonchev–Trinajstić information content (AvgIpc) is 2.96. The summed E-state index contributed by atoms with van der Waals surface area (Å²) < 4.78 is 5.40. The summed E-state index contributed by atoms with van der Waals surface area (Å²) >= 11 is 0. The van der Waals surface area contributed by atoms with Crippen LogP contribution in [0.15, 0.2) is 24.3 Å². The van der Waals surface area contributed by atoms with Crippen LogP contribution in [0, 0.1) is 11.8 Å². The molecule has 0 radical (unpaired) electrons. The fourth-order valence-corrected chi connectivity index (χ4v) is 3.57. The van der Waals surface area contributed by atoms with Crippen molar-refractivity contribution in [3.8, 4) is 5.75 Å². The predicted octanol–water partition coefficient (Wildman–Crippen LogP) is 2.20. The molecule has 1 aromatic carbocycles. The van der Waals surface area contributed by atoms with Crippen molar-refractivity contribution in [3.05, 3.63) is 29.8 Å². The lowest BCUT2D eigenvalue weighted by Gasteiger charge is -2.31. The van der Waals surface area contributed by atoms with Crippen LogP contribution < -0.4 is 15.4 Å². The number of carbonyl (C=O) groups is 1. The molecule has 1 aliphatic heterocycles. The number of nitrogens with one attached hydrogen (secondary N) is 2. The summed E-state index contributed by atoms with van der Waals surface area (Å²) in [6, 6.07) is 7.71. The summed E-state index contributed by atoms with van der Waals surface area (Å²) in [5.74, 6) is 2.41. The van der Waals surface area contributed by atoms with Crippen molar-refractivity contribution in [2.45, 2.75) is 32.2 Å². The van der Waals surface area contributed by atoms with Gasteiger partial charge in [0.1, 0.15) is 5.75 Å². The summed E-state index contributed by atoms with van der Waals surface area (Å²) in [5, 5.41) is 6.65. The number of hydrogen-bond donors (Lipinski definition) is 2. The van der Waals surface area contributed by atoms with Gasteiger partial charge >= 0.3 is 0 Å². The number of benzene rings is 1. The molecule has 0 bridgehead atoms. The zero-order valence-corrected chi connectivity index (χ0v) is 12.6. The minimum absolute atomic E-state index is 0.0347. The summed E-state index contributed by atoms with van der Waals surface area (Å²) in [6.07, 6.45) is 3.44. The van der Waals surface area contributed by atoms with Crippen LogP contribution in [0.3, 0.4) is 0 Å². The lowest BCUT2D eigenvalue weighted by Crippen LogP contribution is -2.40. The van der Waals surface area contributed by atoms with E-state index in [0.29, 0.717) is 18.2 Å². The van der Waals surface area contributed by atoms with Crippen LogP contribution in [0.2, 0.25) is 0 Å². The third kappa shape index (κ3) is 3.38. The van der Waals surface area contributed by atoms with E-state index in [-0.39, 0.29) is 5.91 Å². The van der Waals surface area contributed by atoms with Crippen molar-refractivity contribution in [2.24, 2.45) is 11.8 Å². The molecule has 2 fully saturated rings. The highest BCUT2D eigenvalue weighted by molar-refractivity contribution is 5.94. The fraction of sp³-hybridized carbons (Fsp3) is 0.588. The molecule has 4 heteroatoms. The van der Waals surface area contributed by atoms with Crippen LogP contribution in [-0.2, 0) is 0 Å². The van der Waals surface area contributed by atoms with Crippen molar-refractivity contribution in [3.63, 3.8) is 0 Å². The number of ether oxygens (including phenoxy) is 1. The average molecular weight is 288 g/mol. The SMILES string of the molecule is CCOc1ccc(C(=O)NC2CC[C@H]3CNC[C@H]3C2)cc1. The standard InChI is InChI=1S/C17H24N2O2/c1-2-21-16-7-4-12(5-8-16)17(20)19-15-6-3-13-10-18-11-14(13)9-15/h4-5,7-8,13-15,18H,2-3,6,9-11H2,1H3,(H,19,20)/t13-,14+,15?/m0/s1. The minimum Gasteiger partial charge on any atom is -0.494 e. The molecule has 0 aromatic heterocycles. The van der Waals surface area contributed by atoms with Gasteiger partial charge in [0.25, 0.3) is 5.91 Å². The van der Waals surface area contributed by atoms with Crippen molar-refractivity contribution in [2.75, 3.05) is 19.7 Å². The lowest BCUT2D eigenvalue weighted by molar-refractivity contribution is 0.0913. The Bertz CT molecular complexity index is 486. The van der Waals surface area contributed by atoms with E-state index in [0.717, 1.165) is 43.5 Å². The van der Waals surface area contributed by atoms with Gasteiger partial charge in [0.05, 0.1) is 6.61 Å². The monoisotopic (exact) mass is 288 g/mol. The van der Waals surface area contributed by atoms with Gasteiger partial charge in [0, 0.05) is 11.6 Å². The Morgan fingerprint density at radius 2 is 2.00 bits per heavy atom. The minimum atomic E-state index is 0.0347. The van der Waals surface area contributed by atoms with E-state index >= 15 is 0 Å². The quantitative estimate of drug-likeness (QED) is 0.893. The van der Waals surface area contributed by atoms with Gasteiger partial charge in [-0.25, -0.2) is 0 Å². The highest BCUT2D eigenvalue weighted by Crippen LogP contribution is 2.32. The van der Waals surface area contributed by atoms with E-state index in [2.05, 4.69) is 10.6 Å². The lowest BCUT2D eigenvalue weighted by atomic mass is 9.79. The Balaban J connectivity index is 1.55. The van der Waals surface area contributed by atoms with Crippen LogP contribution in [0.25, 0.3) is 0 Å². The molecule has 21 heavy (non-hydrogen) atoms. The van der Waals surface area contributed by atoms with Gasteiger partial charge in [-0.15, -0.1) is 0 Å². The Morgan fingerprint density at radius 1 is 1.24 bits per heavy atom. The number of rotatable bonds is 4. The van der Waals surface area contributed by atoms with Crippen molar-refractivity contribution in [1.82, 2.24) is 10.6 Å². The van der Waals surface area contributed by atoms with Crippen molar-refractivity contribution >= 4 is 5.91 Å². The van der Waals surface area contributed by atoms with Crippen LogP contribution in [0.5, 0.6) is 5.75 Å². The molecule has 4 nitrogen and oxygen atoms in total. The molecule has 1 amide bonds. The third-order valence-electron chi connectivity index (χ3n) is 4.72. The number of amides is 1. The molecule has 1 saturated heterocycles. The molecular formula is C17H24N2O2. The Hall–Kier alpha value is -1.55. The number of carbonyl (C=O) groups excluding carboxylic acids is 1. The zero-order chi connectivity index (χ0) is 14.7. The summed E-state index contributed by atoms with van der Waals surface area (Å²) in [4.78, 5) is 12.3. The zero-order valence-electron chi connectivity index (χ0n) is 12.6. The second kappa shape index (κ2) is 6.48. The van der Waals surface area contributed by atoms with Crippen LogP contribution in [-0.4, -0.2) is 31.6 Å². The molecular weight excluding hydrogens is 264 g/mol. The second-order valence-corrected chi connectivity index (χ2v) is 6.12. The Kier molecular flexibility index (Phi) is 4.44. The Morgan fingerprint density at radius 3 is 2.76 bits per heavy atom. The van der Waals surface area contributed by atoms with Gasteiger partial charge in [-0.2, -0.15) is 0 Å². The predicted molar refractivity (Wildman–Crippen MR) is 82.6 cm³/mol. The molecule has 1 unspecified atom stereocenters. The normalized spacial score (nSPS) is 28.0. The molecule has 114 valence electrons. The highest BCUT2D eigenvalue weighted by atomic mass is 16.5. The maximum absolute atomic E-state index is 12.3. The first-order valence-corrected chi connectivity index (χ1v) is 8.00. The van der Waals surface area contributed by atoms with Gasteiger partial charge < -0.3 is 15.4 Å². The van der Waals surface area contributed by atoms with Gasteiger partial charge in [-0.1, -0.05) is 0 Å². The van der Waals surface area contributed by atoms with Gasteiger partial charge in [-0.3, -0.25) is 4.79 Å². The molecule has 2 aliphatic rings.